The number of nitrogens with zero attached hydrogens (tertiary/aromatic N) is 1. The highest BCUT2D eigenvalue weighted by molar-refractivity contribution is 5.89. The van der Waals surface area contributed by atoms with Crippen molar-refractivity contribution in [2.75, 3.05) is 18.9 Å². The molecule has 5 nitrogen and oxygen atoms in total. The summed E-state index contributed by atoms with van der Waals surface area (Å²) in [6, 6.07) is 7.40. The lowest BCUT2D eigenvalue weighted by Gasteiger charge is -2.17. The van der Waals surface area contributed by atoms with Gasteiger partial charge in [0.2, 0.25) is 0 Å². The number of hydrogen-bond acceptors (Lipinski definition) is 2. The summed E-state index contributed by atoms with van der Waals surface area (Å²) < 4.78 is 0. The first-order valence-electron chi connectivity index (χ1n) is 5.40. The van der Waals surface area contributed by atoms with Gasteiger partial charge in [-0.05, 0) is 24.6 Å². The van der Waals surface area contributed by atoms with E-state index in [1.165, 1.54) is 4.90 Å². The minimum absolute atomic E-state index is 0.0835. The molecule has 1 aromatic rings. The van der Waals surface area contributed by atoms with Gasteiger partial charge in [0.25, 0.3) is 0 Å². The van der Waals surface area contributed by atoms with Crippen molar-refractivity contribution < 1.29 is 4.79 Å². The molecule has 17 heavy (non-hydrogen) atoms. The van der Waals surface area contributed by atoms with Gasteiger partial charge in [0, 0.05) is 25.7 Å². The molecule has 5 heteroatoms. The molecule has 0 aromatic heterocycles. The van der Waals surface area contributed by atoms with Gasteiger partial charge in [-0.15, -0.1) is 0 Å². The maximum atomic E-state index is 11.7. The molecule has 0 saturated carbocycles. The number of hydrogen-bond donors (Lipinski definition) is 3. The van der Waals surface area contributed by atoms with Crippen LogP contribution in [-0.4, -0.2) is 30.4 Å². The molecule has 0 aliphatic heterocycles. The molecule has 0 unspecified atom stereocenters. The fourth-order valence-corrected chi connectivity index (χ4v) is 1.33. The molecule has 0 saturated heterocycles. The lowest BCUT2D eigenvalue weighted by Crippen LogP contribution is -2.33. The Morgan fingerprint density at radius 2 is 2.24 bits per heavy atom. The van der Waals surface area contributed by atoms with Crippen molar-refractivity contribution in [3.05, 3.63) is 29.8 Å². The Bertz CT molecular complexity index is 417. The van der Waals surface area contributed by atoms with Crippen LogP contribution in [0, 0.1) is 12.3 Å². The molecule has 0 heterocycles. The van der Waals surface area contributed by atoms with E-state index >= 15 is 0 Å². The van der Waals surface area contributed by atoms with Crippen LogP contribution in [-0.2, 0) is 0 Å². The van der Waals surface area contributed by atoms with Crippen LogP contribution in [0.2, 0.25) is 0 Å². The molecular weight excluding hydrogens is 216 g/mol. The minimum Gasteiger partial charge on any atom is -0.388 e. The Morgan fingerprint density at radius 1 is 1.53 bits per heavy atom. The summed E-state index contributed by atoms with van der Waals surface area (Å²) in [4.78, 5) is 13.2. The Kier molecular flexibility index (Phi) is 4.51. The zero-order valence-electron chi connectivity index (χ0n) is 10.2. The highest BCUT2D eigenvalue weighted by atomic mass is 16.2. The monoisotopic (exact) mass is 234 g/mol. The minimum atomic E-state index is -0.197. The van der Waals surface area contributed by atoms with Crippen molar-refractivity contribution in [3.8, 4) is 0 Å². The van der Waals surface area contributed by atoms with Crippen LogP contribution >= 0.6 is 0 Å². The third kappa shape index (κ3) is 4.55. The van der Waals surface area contributed by atoms with E-state index in [-0.39, 0.29) is 11.9 Å². The average Bonchev–Trinajstić information content (AvgIpc) is 2.25. The molecule has 4 N–H and O–H groups in total. The van der Waals surface area contributed by atoms with E-state index in [0.29, 0.717) is 13.0 Å². The molecular formula is C12H18N4O. The standard InChI is InChI=1S/C12H18N4O/c1-9-4-3-5-10(8-9)15-12(17)16(2)7-6-11(13)14/h3-5,8H,6-7H2,1-2H3,(H3,13,14)(H,15,17). The fourth-order valence-electron chi connectivity index (χ4n) is 1.33. The lowest BCUT2D eigenvalue weighted by atomic mass is 10.2. The van der Waals surface area contributed by atoms with Crippen LogP contribution in [0.3, 0.4) is 0 Å². The predicted octanol–water partition coefficient (Wildman–Crippen LogP) is 1.78. The first kappa shape index (κ1) is 13.0. The van der Waals surface area contributed by atoms with Gasteiger partial charge in [0.15, 0.2) is 0 Å². The molecule has 92 valence electrons. The van der Waals surface area contributed by atoms with Gasteiger partial charge < -0.3 is 16.0 Å². The molecule has 0 bridgehead atoms. The normalized spacial score (nSPS) is 9.76. The van der Waals surface area contributed by atoms with Gasteiger partial charge in [-0.3, -0.25) is 5.41 Å². The van der Waals surface area contributed by atoms with Crippen LogP contribution < -0.4 is 11.1 Å². The quantitative estimate of drug-likeness (QED) is 0.548. The highest BCUT2D eigenvalue weighted by Gasteiger charge is 2.08. The number of nitrogens with two attached hydrogens (primary N) is 1. The third-order valence-corrected chi connectivity index (χ3v) is 2.33. The van der Waals surface area contributed by atoms with Gasteiger partial charge in [-0.1, -0.05) is 12.1 Å². The average molecular weight is 234 g/mol. The second-order valence-corrected chi connectivity index (χ2v) is 4.00. The van der Waals surface area contributed by atoms with Crippen LogP contribution in [0.5, 0.6) is 0 Å². The van der Waals surface area contributed by atoms with Gasteiger partial charge in [0.05, 0.1) is 5.84 Å². The second-order valence-electron chi connectivity index (χ2n) is 4.00. The highest BCUT2D eigenvalue weighted by Crippen LogP contribution is 2.10. The van der Waals surface area contributed by atoms with Crippen LogP contribution in [0.15, 0.2) is 24.3 Å². The van der Waals surface area contributed by atoms with Gasteiger partial charge in [-0.2, -0.15) is 0 Å². The van der Waals surface area contributed by atoms with Gasteiger partial charge in [-0.25, -0.2) is 4.79 Å². The molecule has 1 rings (SSSR count). The summed E-state index contributed by atoms with van der Waals surface area (Å²) in [7, 11) is 1.67. The van der Waals surface area contributed by atoms with Gasteiger partial charge >= 0.3 is 6.03 Å². The second kappa shape index (κ2) is 5.89. The fraction of sp³-hybridized carbons (Fsp3) is 0.333. The van der Waals surface area contributed by atoms with E-state index < -0.39 is 0 Å². The number of nitrogens with one attached hydrogen (secondary N) is 2. The van der Waals surface area contributed by atoms with E-state index in [1.54, 1.807) is 7.05 Å². The smallest absolute Gasteiger partial charge is 0.321 e. The molecule has 0 fully saturated rings. The van der Waals surface area contributed by atoms with E-state index in [9.17, 15) is 4.79 Å². The number of rotatable bonds is 4. The van der Waals surface area contributed by atoms with Crippen LogP contribution in [0.25, 0.3) is 0 Å². The van der Waals surface area contributed by atoms with Crippen molar-refractivity contribution >= 4 is 17.6 Å². The number of benzene rings is 1. The molecule has 0 aliphatic rings. The van der Waals surface area contributed by atoms with E-state index in [4.69, 9.17) is 11.1 Å². The number of carbonyl (C=O) groups is 1. The molecule has 1 aromatic carbocycles. The van der Waals surface area contributed by atoms with Gasteiger partial charge in [0.1, 0.15) is 0 Å². The third-order valence-electron chi connectivity index (χ3n) is 2.33. The first-order valence-corrected chi connectivity index (χ1v) is 5.40. The van der Waals surface area contributed by atoms with Crippen molar-refractivity contribution in [3.63, 3.8) is 0 Å². The largest absolute Gasteiger partial charge is 0.388 e. The summed E-state index contributed by atoms with van der Waals surface area (Å²) in [5, 5.41) is 9.88. The summed E-state index contributed by atoms with van der Waals surface area (Å²) >= 11 is 0. The number of amidine groups is 1. The van der Waals surface area contributed by atoms with E-state index in [2.05, 4.69) is 5.32 Å². The summed E-state index contributed by atoms with van der Waals surface area (Å²) in [5.41, 5.74) is 7.10. The Labute approximate surface area is 101 Å². The predicted molar refractivity (Wildman–Crippen MR) is 69.4 cm³/mol. The maximum Gasteiger partial charge on any atom is 0.321 e. The zero-order chi connectivity index (χ0) is 12.8. The van der Waals surface area contributed by atoms with E-state index in [1.807, 2.05) is 31.2 Å². The van der Waals surface area contributed by atoms with Crippen molar-refractivity contribution in [1.82, 2.24) is 4.90 Å². The Hall–Kier alpha value is -2.04. The molecule has 2 amide bonds. The molecule has 0 atom stereocenters. The van der Waals surface area contributed by atoms with Crippen LogP contribution in [0.1, 0.15) is 12.0 Å². The molecule has 0 spiro atoms. The summed E-state index contributed by atoms with van der Waals surface area (Å²) in [6.07, 6.45) is 0.387. The van der Waals surface area contributed by atoms with E-state index in [0.717, 1.165) is 11.3 Å². The Morgan fingerprint density at radius 3 is 2.82 bits per heavy atom. The van der Waals surface area contributed by atoms with Crippen molar-refractivity contribution in [1.29, 1.82) is 5.41 Å². The lowest BCUT2D eigenvalue weighted by molar-refractivity contribution is 0.223. The summed E-state index contributed by atoms with van der Waals surface area (Å²) in [6.45, 7) is 2.40. The SMILES string of the molecule is Cc1cccc(NC(=O)N(C)CCC(=N)N)c1. The Balaban J connectivity index is 2.51. The first-order chi connectivity index (χ1) is 7.99. The number of anilines is 1. The summed E-state index contributed by atoms with van der Waals surface area (Å²) in [5.74, 6) is 0.0835. The number of urea groups is 1. The molecule has 0 radical (unpaired) electrons. The van der Waals surface area contributed by atoms with Crippen molar-refractivity contribution in [2.24, 2.45) is 5.73 Å². The number of amides is 2. The molecule has 0 aliphatic carbocycles. The zero-order valence-corrected chi connectivity index (χ0v) is 10.2. The number of carbonyl (C=O) groups excluding carboxylic acids is 1. The van der Waals surface area contributed by atoms with Crippen molar-refractivity contribution in [2.45, 2.75) is 13.3 Å². The maximum absolute atomic E-state index is 11.7. The topological polar surface area (TPSA) is 82.2 Å². The number of aryl methyl sites for hydroxylation is 1. The van der Waals surface area contributed by atoms with Crippen LogP contribution in [0.4, 0.5) is 10.5 Å².